The smallest absolute Gasteiger partial charge is 0.331 e. The quantitative estimate of drug-likeness (QED) is 0.476. The van der Waals surface area contributed by atoms with E-state index in [9.17, 15) is 4.79 Å². The van der Waals surface area contributed by atoms with Gasteiger partial charge < -0.3 is 9.47 Å². The lowest BCUT2D eigenvalue weighted by Gasteiger charge is -2.14. The van der Waals surface area contributed by atoms with Crippen LogP contribution in [0.25, 0.3) is 22.1 Å². The van der Waals surface area contributed by atoms with Gasteiger partial charge in [-0.05, 0) is 43.2 Å². The number of hydrogen-bond donors (Lipinski definition) is 0. The average Bonchev–Trinajstić information content (AvgIpc) is 3.39. The predicted molar refractivity (Wildman–Crippen MR) is 116 cm³/mol. The summed E-state index contributed by atoms with van der Waals surface area (Å²) < 4.78 is 15.1. The van der Waals surface area contributed by atoms with Crippen LogP contribution in [0.4, 0.5) is 0 Å². The van der Waals surface area contributed by atoms with Crippen LogP contribution in [0.5, 0.6) is 5.88 Å². The molecule has 1 saturated heterocycles. The van der Waals surface area contributed by atoms with Crippen molar-refractivity contribution in [2.75, 3.05) is 13.2 Å². The third-order valence-electron chi connectivity index (χ3n) is 5.77. The molecule has 2 aliphatic rings. The molecule has 1 aliphatic carbocycles. The molecule has 1 saturated carbocycles. The van der Waals surface area contributed by atoms with Crippen molar-refractivity contribution in [2.24, 2.45) is 0 Å². The van der Waals surface area contributed by atoms with Crippen LogP contribution in [0.15, 0.2) is 41.3 Å². The van der Waals surface area contributed by atoms with Crippen molar-refractivity contribution >= 4 is 33.7 Å². The fourth-order valence-corrected chi connectivity index (χ4v) is 4.29. The molecule has 31 heavy (non-hydrogen) atoms. The SMILES string of the molecule is O=c1n(Cc2nc(OC3CCOC3)c3ccc(Cl)cc3n2)c2ncccc2n1C1CC1. The van der Waals surface area contributed by atoms with Gasteiger partial charge in [-0.1, -0.05) is 11.6 Å². The molecule has 4 aromatic rings. The molecular formula is C22H20ClN5O3. The highest BCUT2D eigenvalue weighted by atomic mass is 35.5. The van der Waals surface area contributed by atoms with E-state index in [2.05, 4.69) is 15.0 Å². The van der Waals surface area contributed by atoms with Gasteiger partial charge in [0.25, 0.3) is 0 Å². The first-order chi connectivity index (χ1) is 15.2. The van der Waals surface area contributed by atoms with Crippen LogP contribution in [0, 0.1) is 0 Å². The van der Waals surface area contributed by atoms with Gasteiger partial charge in [-0.25, -0.2) is 14.8 Å². The van der Waals surface area contributed by atoms with Crippen molar-refractivity contribution in [2.45, 2.75) is 38.0 Å². The molecule has 158 valence electrons. The molecule has 2 fully saturated rings. The van der Waals surface area contributed by atoms with E-state index < -0.39 is 0 Å². The number of imidazole rings is 1. The van der Waals surface area contributed by atoms with Gasteiger partial charge in [-0.2, -0.15) is 4.98 Å². The van der Waals surface area contributed by atoms with Crippen LogP contribution in [0.2, 0.25) is 5.02 Å². The number of ether oxygens (including phenoxy) is 2. The molecule has 4 heterocycles. The maximum Gasteiger partial charge on any atom is 0.331 e. The number of hydrogen-bond acceptors (Lipinski definition) is 6. The Kier molecular flexibility index (Phi) is 4.43. The molecule has 1 atom stereocenters. The van der Waals surface area contributed by atoms with Crippen LogP contribution in [-0.2, 0) is 11.3 Å². The average molecular weight is 438 g/mol. The number of aromatic nitrogens is 5. The molecule has 0 bridgehead atoms. The second kappa shape index (κ2) is 7.32. The Morgan fingerprint density at radius 2 is 2.10 bits per heavy atom. The molecule has 0 amide bonds. The van der Waals surface area contributed by atoms with E-state index >= 15 is 0 Å². The number of pyridine rings is 1. The summed E-state index contributed by atoms with van der Waals surface area (Å²) in [6.45, 7) is 1.41. The Morgan fingerprint density at radius 1 is 1.19 bits per heavy atom. The number of benzene rings is 1. The first-order valence-corrected chi connectivity index (χ1v) is 10.8. The minimum atomic E-state index is -0.0855. The Hall–Kier alpha value is -2.97. The highest BCUT2D eigenvalue weighted by molar-refractivity contribution is 6.31. The van der Waals surface area contributed by atoms with E-state index in [1.165, 1.54) is 0 Å². The van der Waals surface area contributed by atoms with Gasteiger partial charge in [0, 0.05) is 23.7 Å². The fraction of sp³-hybridized carbons (Fsp3) is 0.364. The molecule has 0 radical (unpaired) electrons. The van der Waals surface area contributed by atoms with Crippen molar-refractivity contribution in [1.82, 2.24) is 24.1 Å². The van der Waals surface area contributed by atoms with E-state index in [0.717, 1.165) is 30.2 Å². The second-order valence-electron chi connectivity index (χ2n) is 8.03. The van der Waals surface area contributed by atoms with Gasteiger partial charge in [0.2, 0.25) is 5.88 Å². The van der Waals surface area contributed by atoms with Crippen LogP contribution in [0.1, 0.15) is 31.1 Å². The van der Waals surface area contributed by atoms with Crippen LogP contribution >= 0.6 is 11.6 Å². The molecule has 0 N–H and O–H groups in total. The summed E-state index contributed by atoms with van der Waals surface area (Å²) in [5.74, 6) is 0.963. The highest BCUT2D eigenvalue weighted by Gasteiger charge is 2.29. The molecule has 0 spiro atoms. The van der Waals surface area contributed by atoms with Gasteiger partial charge in [-0.15, -0.1) is 0 Å². The molecule has 1 aromatic carbocycles. The standard InChI is InChI=1S/C22H20ClN5O3/c23-13-3-6-16-17(10-13)25-19(26-21(16)31-15-7-9-30-12-15)11-27-20-18(2-1-8-24-20)28(22(27)29)14-4-5-14/h1-3,6,8,10,14-15H,4-5,7,9,11-12H2. The van der Waals surface area contributed by atoms with Crippen molar-refractivity contribution in [3.8, 4) is 5.88 Å². The van der Waals surface area contributed by atoms with Gasteiger partial charge in [0.05, 0.1) is 36.2 Å². The highest BCUT2D eigenvalue weighted by Crippen LogP contribution is 2.36. The lowest BCUT2D eigenvalue weighted by Crippen LogP contribution is -2.25. The molecule has 1 aliphatic heterocycles. The summed E-state index contributed by atoms with van der Waals surface area (Å²) in [5.41, 5.74) is 2.08. The first-order valence-electron chi connectivity index (χ1n) is 10.4. The normalized spacial score (nSPS) is 18.8. The molecule has 3 aromatic heterocycles. The number of halogens is 1. The summed E-state index contributed by atoms with van der Waals surface area (Å²) in [6.07, 6.45) is 4.49. The zero-order chi connectivity index (χ0) is 20.9. The lowest BCUT2D eigenvalue weighted by atomic mass is 10.2. The largest absolute Gasteiger partial charge is 0.471 e. The Bertz CT molecular complexity index is 1350. The van der Waals surface area contributed by atoms with E-state index in [4.69, 9.17) is 21.1 Å². The summed E-state index contributed by atoms with van der Waals surface area (Å²) >= 11 is 6.21. The van der Waals surface area contributed by atoms with Gasteiger partial charge in [0.15, 0.2) is 11.5 Å². The van der Waals surface area contributed by atoms with Crippen LogP contribution in [-0.4, -0.2) is 43.4 Å². The third-order valence-corrected chi connectivity index (χ3v) is 6.00. The second-order valence-corrected chi connectivity index (χ2v) is 8.46. The molecule has 8 nitrogen and oxygen atoms in total. The molecule has 9 heteroatoms. The Morgan fingerprint density at radius 3 is 2.90 bits per heavy atom. The van der Waals surface area contributed by atoms with Crippen molar-refractivity contribution in [3.63, 3.8) is 0 Å². The van der Waals surface area contributed by atoms with E-state index in [-0.39, 0.29) is 24.4 Å². The van der Waals surface area contributed by atoms with Crippen LogP contribution < -0.4 is 10.4 Å². The monoisotopic (exact) mass is 437 g/mol. The predicted octanol–water partition coefficient (Wildman–Crippen LogP) is 3.35. The molecular weight excluding hydrogens is 418 g/mol. The minimum absolute atomic E-state index is 0.0530. The zero-order valence-electron chi connectivity index (χ0n) is 16.7. The maximum atomic E-state index is 13.2. The molecule has 6 rings (SSSR count). The fourth-order valence-electron chi connectivity index (χ4n) is 4.12. The number of fused-ring (bicyclic) bond motifs is 2. The third kappa shape index (κ3) is 3.36. The minimum Gasteiger partial charge on any atom is -0.471 e. The van der Waals surface area contributed by atoms with Gasteiger partial charge >= 0.3 is 5.69 Å². The van der Waals surface area contributed by atoms with Crippen LogP contribution in [0.3, 0.4) is 0 Å². The summed E-state index contributed by atoms with van der Waals surface area (Å²) in [6, 6.07) is 9.48. The van der Waals surface area contributed by atoms with Crippen molar-refractivity contribution in [3.05, 3.63) is 57.9 Å². The van der Waals surface area contributed by atoms with Crippen molar-refractivity contribution < 1.29 is 9.47 Å². The zero-order valence-corrected chi connectivity index (χ0v) is 17.5. The first kappa shape index (κ1) is 18.8. The Labute approximate surface area is 182 Å². The number of rotatable bonds is 5. The molecule has 1 unspecified atom stereocenters. The summed E-state index contributed by atoms with van der Waals surface area (Å²) in [5, 5.41) is 1.36. The van der Waals surface area contributed by atoms with E-state index in [1.54, 1.807) is 22.9 Å². The maximum absolute atomic E-state index is 13.2. The Balaban J connectivity index is 1.46. The topological polar surface area (TPSA) is 84.1 Å². The van der Waals surface area contributed by atoms with Crippen molar-refractivity contribution in [1.29, 1.82) is 0 Å². The lowest BCUT2D eigenvalue weighted by molar-refractivity contribution is 0.139. The van der Waals surface area contributed by atoms with E-state index in [1.807, 2.05) is 22.8 Å². The summed E-state index contributed by atoms with van der Waals surface area (Å²) in [4.78, 5) is 27.0. The van der Waals surface area contributed by atoms with Gasteiger partial charge in [0.1, 0.15) is 6.10 Å². The summed E-state index contributed by atoms with van der Waals surface area (Å²) in [7, 11) is 0. The van der Waals surface area contributed by atoms with E-state index in [0.29, 0.717) is 41.1 Å². The number of nitrogens with zero attached hydrogens (tertiary/aromatic N) is 5. The van der Waals surface area contributed by atoms with Gasteiger partial charge in [-0.3, -0.25) is 9.13 Å².